The molecule has 15 nitrogen and oxygen atoms in total. The fraction of sp³-hybridized carbons (Fsp3) is 0.600. The van der Waals surface area contributed by atoms with Crippen LogP contribution < -0.4 is 5.73 Å². The van der Waals surface area contributed by atoms with Crippen LogP contribution in [0.5, 0.6) is 0 Å². The molecule has 0 saturated carbocycles. The van der Waals surface area contributed by atoms with E-state index in [0.717, 1.165) is 0 Å². The summed E-state index contributed by atoms with van der Waals surface area (Å²) in [7, 11) is -7.41. The summed E-state index contributed by atoms with van der Waals surface area (Å²) < 4.78 is 69.1. The molecule has 0 aliphatic heterocycles. The predicted molar refractivity (Wildman–Crippen MR) is 176 cm³/mol. The number of nitrogens with zero attached hydrogens (tertiary/aromatic N) is 4. The molecule has 3 rings (SSSR count). The van der Waals surface area contributed by atoms with Gasteiger partial charge in [0.05, 0.1) is 55.6 Å². The maximum atomic E-state index is 13.6. The third-order valence-corrected chi connectivity index (χ3v) is 9.97. The first-order valence-corrected chi connectivity index (χ1v) is 18.8. The Labute approximate surface area is 275 Å². The zero-order chi connectivity index (χ0) is 34.8. The standard InChI is InChI=1S/C30H47N5O10P2/c1-20(2)42-46(37,43-21(3)4)18-39-14-25(35-17-34-27-28(31)32-16-33-29(27)35)26(41-30(36)24-12-10-9-11-13-24)15-40-19-47(38,44-22(5)6)45-23(7)8/h9-13,16-17,20-23,25-26H,14-15,18-19H2,1-8H3,(H2,31,32,33)/t25-,26+/m1/s1. The molecule has 0 spiro atoms. The van der Waals surface area contributed by atoms with Crippen molar-refractivity contribution in [1.82, 2.24) is 19.5 Å². The first-order valence-electron chi connectivity index (χ1n) is 15.4. The van der Waals surface area contributed by atoms with Gasteiger partial charge in [-0.25, -0.2) is 19.7 Å². The molecule has 2 heterocycles. The fourth-order valence-corrected chi connectivity index (χ4v) is 8.08. The number of hydrogen-bond donors (Lipinski definition) is 1. The number of hydrogen-bond acceptors (Lipinski definition) is 14. The first-order chi connectivity index (χ1) is 22.1. The highest BCUT2D eigenvalue weighted by molar-refractivity contribution is 7.53. The van der Waals surface area contributed by atoms with Crippen molar-refractivity contribution >= 4 is 38.1 Å². The molecule has 0 aliphatic carbocycles. The monoisotopic (exact) mass is 699 g/mol. The zero-order valence-corrected chi connectivity index (χ0v) is 30.0. The molecular weight excluding hydrogens is 652 g/mol. The number of fused-ring (bicyclic) bond motifs is 1. The Bertz CT molecular complexity index is 1490. The molecular formula is C30H47N5O10P2. The topological polar surface area (TPSA) is 185 Å². The SMILES string of the molecule is CC(C)OP(=O)(COC[C@H](OC(=O)c1ccccc1)[C@@H](COCP(=O)(OC(C)C)OC(C)C)n1cnc2c(N)ncnc21)OC(C)C. The number of aromatic nitrogens is 4. The summed E-state index contributed by atoms with van der Waals surface area (Å²) in [6, 6.07) is 7.51. The highest BCUT2D eigenvalue weighted by Gasteiger charge is 2.35. The molecule has 0 radical (unpaired) electrons. The number of esters is 1. The van der Waals surface area contributed by atoms with E-state index in [1.807, 2.05) is 0 Å². The molecule has 0 amide bonds. The highest BCUT2D eigenvalue weighted by Crippen LogP contribution is 2.51. The van der Waals surface area contributed by atoms with Crippen molar-refractivity contribution in [2.24, 2.45) is 0 Å². The lowest BCUT2D eigenvalue weighted by Crippen LogP contribution is -2.36. The minimum Gasteiger partial charge on any atom is -0.454 e. The summed E-state index contributed by atoms with van der Waals surface area (Å²) in [6.07, 6.45) is -0.804. The van der Waals surface area contributed by atoms with Crippen LogP contribution in [0.25, 0.3) is 11.2 Å². The van der Waals surface area contributed by atoms with Crippen molar-refractivity contribution in [3.63, 3.8) is 0 Å². The quantitative estimate of drug-likeness (QED) is 0.104. The highest BCUT2D eigenvalue weighted by atomic mass is 31.2. The fourth-order valence-electron chi connectivity index (χ4n) is 4.51. The number of carbonyl (C=O) groups is 1. The third kappa shape index (κ3) is 12.0. The van der Waals surface area contributed by atoms with Crippen molar-refractivity contribution < 1.29 is 46.2 Å². The van der Waals surface area contributed by atoms with Crippen molar-refractivity contribution in [3.8, 4) is 0 Å². The summed E-state index contributed by atoms with van der Waals surface area (Å²) in [5, 5.41) is 0. The van der Waals surface area contributed by atoms with E-state index in [4.69, 9.17) is 38.0 Å². The van der Waals surface area contributed by atoms with Crippen LogP contribution in [0.2, 0.25) is 0 Å². The van der Waals surface area contributed by atoms with Crippen LogP contribution in [-0.4, -0.2) is 81.9 Å². The number of imidazole rings is 1. The molecule has 0 fully saturated rings. The Morgan fingerprint density at radius 1 is 0.766 bits per heavy atom. The number of rotatable bonds is 20. The lowest BCUT2D eigenvalue weighted by Gasteiger charge is -2.30. The van der Waals surface area contributed by atoms with Gasteiger partial charge in [0.25, 0.3) is 0 Å². The molecule has 47 heavy (non-hydrogen) atoms. The molecule has 262 valence electrons. The van der Waals surface area contributed by atoms with Gasteiger partial charge in [-0.2, -0.15) is 0 Å². The van der Waals surface area contributed by atoms with Crippen LogP contribution in [0.15, 0.2) is 43.0 Å². The van der Waals surface area contributed by atoms with Crippen LogP contribution in [0.3, 0.4) is 0 Å². The van der Waals surface area contributed by atoms with Gasteiger partial charge in [0.2, 0.25) is 0 Å². The summed E-state index contributed by atoms with van der Waals surface area (Å²) in [6.45, 7) is 13.4. The Kier molecular flexibility index (Phi) is 14.5. The lowest BCUT2D eigenvalue weighted by molar-refractivity contribution is -0.0352. The second kappa shape index (κ2) is 17.6. The Morgan fingerprint density at radius 2 is 1.28 bits per heavy atom. The largest absolute Gasteiger partial charge is 0.454 e. The molecule has 0 unspecified atom stereocenters. The van der Waals surface area contributed by atoms with Gasteiger partial charge in [0.1, 0.15) is 30.6 Å². The zero-order valence-electron chi connectivity index (χ0n) is 28.2. The summed E-state index contributed by atoms with van der Waals surface area (Å²) in [5.41, 5.74) is 6.98. The van der Waals surface area contributed by atoms with Gasteiger partial charge in [0, 0.05) is 0 Å². The minimum absolute atomic E-state index is 0.139. The van der Waals surface area contributed by atoms with E-state index in [1.54, 1.807) is 90.3 Å². The van der Waals surface area contributed by atoms with Crippen LogP contribution in [0.1, 0.15) is 71.8 Å². The lowest BCUT2D eigenvalue weighted by atomic mass is 10.1. The van der Waals surface area contributed by atoms with Gasteiger partial charge in [-0.15, -0.1) is 0 Å². The van der Waals surface area contributed by atoms with E-state index >= 15 is 0 Å². The molecule has 0 aliphatic rings. The summed E-state index contributed by atoms with van der Waals surface area (Å²) >= 11 is 0. The smallest absolute Gasteiger partial charge is 0.356 e. The maximum absolute atomic E-state index is 13.6. The van der Waals surface area contributed by atoms with E-state index in [-0.39, 0.29) is 24.6 Å². The third-order valence-electron chi connectivity index (χ3n) is 6.00. The maximum Gasteiger partial charge on any atom is 0.356 e. The number of nitrogen functional groups attached to an aromatic ring is 1. The number of anilines is 1. The number of carbonyl (C=O) groups excluding carboxylic acids is 1. The van der Waals surface area contributed by atoms with Crippen molar-refractivity contribution in [3.05, 3.63) is 48.5 Å². The van der Waals surface area contributed by atoms with Crippen molar-refractivity contribution in [1.29, 1.82) is 0 Å². The summed E-state index contributed by atoms with van der Waals surface area (Å²) in [5.74, 6) is -0.514. The Morgan fingerprint density at radius 3 is 1.79 bits per heavy atom. The Balaban J connectivity index is 2.00. The van der Waals surface area contributed by atoms with Crippen molar-refractivity contribution in [2.45, 2.75) is 92.0 Å². The van der Waals surface area contributed by atoms with Crippen LogP contribution >= 0.6 is 15.2 Å². The number of ether oxygens (including phenoxy) is 3. The second-order valence-corrected chi connectivity index (χ2v) is 15.6. The molecule has 2 atom stereocenters. The first kappa shape index (κ1) is 38.7. The van der Waals surface area contributed by atoms with Gasteiger partial charge in [-0.1, -0.05) is 18.2 Å². The van der Waals surface area contributed by atoms with Gasteiger partial charge < -0.3 is 42.6 Å². The van der Waals surface area contributed by atoms with E-state index in [1.165, 1.54) is 12.7 Å². The molecule has 0 saturated heterocycles. The van der Waals surface area contributed by atoms with Gasteiger partial charge >= 0.3 is 21.2 Å². The van der Waals surface area contributed by atoms with Gasteiger partial charge in [-0.05, 0) is 67.5 Å². The van der Waals surface area contributed by atoms with Gasteiger partial charge in [0.15, 0.2) is 11.5 Å². The van der Waals surface area contributed by atoms with E-state index < -0.39 is 70.4 Å². The molecule has 2 N–H and O–H groups in total. The average Bonchev–Trinajstić information content (AvgIpc) is 3.38. The van der Waals surface area contributed by atoms with E-state index in [9.17, 15) is 13.9 Å². The summed E-state index contributed by atoms with van der Waals surface area (Å²) in [4.78, 5) is 26.1. The normalized spacial score (nSPS) is 14.0. The van der Waals surface area contributed by atoms with Crippen molar-refractivity contribution in [2.75, 3.05) is 31.6 Å². The molecule has 0 bridgehead atoms. The molecule has 1 aromatic carbocycles. The number of nitrogens with two attached hydrogens (primary N) is 1. The predicted octanol–water partition coefficient (Wildman–Crippen LogP) is 6.21. The molecule has 2 aromatic heterocycles. The molecule has 3 aromatic rings. The minimum atomic E-state index is -3.71. The second-order valence-electron chi connectivity index (χ2n) is 11.8. The van der Waals surface area contributed by atoms with Gasteiger partial charge in [-0.3, -0.25) is 9.13 Å². The van der Waals surface area contributed by atoms with Crippen LogP contribution in [0, 0.1) is 0 Å². The van der Waals surface area contributed by atoms with E-state index in [0.29, 0.717) is 11.2 Å². The van der Waals surface area contributed by atoms with E-state index in [2.05, 4.69) is 15.0 Å². The van der Waals surface area contributed by atoms with Crippen LogP contribution in [0.4, 0.5) is 5.82 Å². The average molecular weight is 700 g/mol. The molecule has 17 heteroatoms. The number of benzene rings is 1. The Hall–Kier alpha value is -2.74. The van der Waals surface area contributed by atoms with Crippen LogP contribution in [-0.2, 0) is 41.4 Å².